The van der Waals surface area contributed by atoms with Crippen molar-refractivity contribution < 1.29 is 17.9 Å². The van der Waals surface area contributed by atoms with Gasteiger partial charge in [-0.15, -0.1) is 6.58 Å². The number of carbonyl (C=O) groups is 1. The van der Waals surface area contributed by atoms with E-state index in [1.54, 1.807) is 31.2 Å². The van der Waals surface area contributed by atoms with Crippen molar-refractivity contribution in [2.45, 2.75) is 24.3 Å². The van der Waals surface area contributed by atoms with E-state index in [0.717, 1.165) is 6.26 Å². The van der Waals surface area contributed by atoms with Gasteiger partial charge in [-0.05, 0) is 25.5 Å². The predicted octanol–water partition coefficient (Wildman–Crippen LogP) is 2.01. The summed E-state index contributed by atoms with van der Waals surface area (Å²) in [5, 5.41) is 2.57. The van der Waals surface area contributed by atoms with Crippen LogP contribution in [0.4, 0.5) is 5.69 Å². The van der Waals surface area contributed by atoms with Crippen LogP contribution in [0.2, 0.25) is 0 Å². The third-order valence-corrected chi connectivity index (χ3v) is 3.76. The quantitative estimate of drug-likeness (QED) is 0.617. The van der Waals surface area contributed by atoms with Gasteiger partial charge in [-0.1, -0.05) is 18.2 Å². The van der Waals surface area contributed by atoms with Crippen LogP contribution in [-0.4, -0.2) is 33.3 Å². The van der Waals surface area contributed by atoms with Crippen LogP contribution in [0.15, 0.2) is 41.8 Å². The molecule has 0 radical (unpaired) electrons. The van der Waals surface area contributed by atoms with E-state index in [1.165, 1.54) is 6.07 Å². The largest absolute Gasteiger partial charge is 0.368 e. The van der Waals surface area contributed by atoms with Crippen molar-refractivity contribution in [2.75, 3.05) is 18.2 Å². The van der Waals surface area contributed by atoms with Crippen LogP contribution >= 0.6 is 0 Å². The molecule has 0 fully saturated rings. The molecular formula is C14H19NO4S. The van der Waals surface area contributed by atoms with Gasteiger partial charge in [0.15, 0.2) is 9.84 Å². The van der Waals surface area contributed by atoms with Crippen molar-refractivity contribution in [2.24, 2.45) is 0 Å². The van der Waals surface area contributed by atoms with Crippen LogP contribution in [0.25, 0.3) is 0 Å². The first-order chi connectivity index (χ1) is 9.36. The smallest absolute Gasteiger partial charge is 0.253 e. The molecule has 110 valence electrons. The SMILES string of the molecule is C=CCCOC(C)C(=O)Nc1ccccc1S(C)(=O)=O. The lowest BCUT2D eigenvalue weighted by molar-refractivity contribution is -0.126. The zero-order chi connectivity index (χ0) is 15.2. The topological polar surface area (TPSA) is 72.5 Å². The number of nitrogens with one attached hydrogen (secondary N) is 1. The Morgan fingerprint density at radius 3 is 2.70 bits per heavy atom. The number of anilines is 1. The molecule has 0 bridgehead atoms. The molecule has 6 heteroatoms. The first kappa shape index (κ1) is 16.4. The summed E-state index contributed by atoms with van der Waals surface area (Å²) < 4.78 is 28.6. The Morgan fingerprint density at radius 2 is 2.10 bits per heavy atom. The lowest BCUT2D eigenvalue weighted by Gasteiger charge is -2.14. The van der Waals surface area contributed by atoms with Gasteiger partial charge < -0.3 is 10.1 Å². The second-order valence-corrected chi connectivity index (χ2v) is 6.33. The van der Waals surface area contributed by atoms with E-state index in [-0.39, 0.29) is 16.5 Å². The van der Waals surface area contributed by atoms with Gasteiger partial charge in [-0.25, -0.2) is 8.42 Å². The summed E-state index contributed by atoms with van der Waals surface area (Å²) in [5.41, 5.74) is 0.263. The van der Waals surface area contributed by atoms with Crippen LogP contribution in [-0.2, 0) is 19.4 Å². The molecule has 0 aliphatic heterocycles. The van der Waals surface area contributed by atoms with Crippen LogP contribution in [0.5, 0.6) is 0 Å². The molecule has 1 atom stereocenters. The minimum absolute atomic E-state index is 0.0895. The Kier molecular flexibility index (Phi) is 5.91. The second kappa shape index (κ2) is 7.21. The Labute approximate surface area is 119 Å². The first-order valence-electron chi connectivity index (χ1n) is 6.18. The van der Waals surface area contributed by atoms with E-state index in [9.17, 15) is 13.2 Å². The first-order valence-corrected chi connectivity index (χ1v) is 8.08. The average molecular weight is 297 g/mol. The third-order valence-electron chi connectivity index (χ3n) is 2.60. The Hall–Kier alpha value is -1.66. The number of hydrogen-bond acceptors (Lipinski definition) is 4. The normalized spacial score (nSPS) is 12.7. The van der Waals surface area contributed by atoms with Crippen molar-refractivity contribution in [3.8, 4) is 0 Å². The average Bonchev–Trinajstić information content (AvgIpc) is 2.38. The fourth-order valence-electron chi connectivity index (χ4n) is 1.53. The minimum Gasteiger partial charge on any atom is -0.368 e. The number of sulfone groups is 1. The summed E-state index contributed by atoms with van der Waals surface area (Å²) in [6.45, 7) is 5.57. The van der Waals surface area contributed by atoms with Crippen molar-refractivity contribution in [1.29, 1.82) is 0 Å². The summed E-state index contributed by atoms with van der Waals surface area (Å²) in [5.74, 6) is -0.384. The Bertz CT molecular complexity index is 581. The molecule has 20 heavy (non-hydrogen) atoms. The molecule has 0 heterocycles. The van der Waals surface area contributed by atoms with Crippen molar-refractivity contribution in [1.82, 2.24) is 0 Å². The molecule has 0 aromatic heterocycles. The van der Waals surface area contributed by atoms with Gasteiger partial charge in [-0.3, -0.25) is 4.79 Å². The Balaban J connectivity index is 2.78. The van der Waals surface area contributed by atoms with Crippen molar-refractivity contribution in [3.63, 3.8) is 0 Å². The number of hydrogen-bond donors (Lipinski definition) is 1. The Morgan fingerprint density at radius 1 is 1.45 bits per heavy atom. The third kappa shape index (κ3) is 4.79. The highest BCUT2D eigenvalue weighted by atomic mass is 32.2. The monoisotopic (exact) mass is 297 g/mol. The number of carbonyl (C=O) groups excluding carboxylic acids is 1. The second-order valence-electron chi connectivity index (χ2n) is 4.35. The molecule has 0 aliphatic rings. The molecular weight excluding hydrogens is 278 g/mol. The summed E-state index contributed by atoms with van der Waals surface area (Å²) in [6.07, 6.45) is 2.78. The molecule has 1 rings (SSSR count). The number of rotatable bonds is 7. The van der Waals surface area contributed by atoms with Gasteiger partial charge in [0.25, 0.3) is 5.91 Å². The van der Waals surface area contributed by atoms with Crippen molar-refractivity contribution >= 4 is 21.4 Å². The van der Waals surface area contributed by atoms with Crippen LogP contribution in [0.3, 0.4) is 0 Å². The summed E-state index contributed by atoms with van der Waals surface area (Å²) >= 11 is 0. The molecule has 0 aliphatic carbocycles. The van der Waals surface area contributed by atoms with Crippen LogP contribution in [0, 0.1) is 0 Å². The number of ether oxygens (including phenoxy) is 1. The highest BCUT2D eigenvalue weighted by Gasteiger charge is 2.18. The molecule has 1 aromatic carbocycles. The molecule has 1 unspecified atom stereocenters. The predicted molar refractivity (Wildman–Crippen MR) is 78.4 cm³/mol. The zero-order valence-electron chi connectivity index (χ0n) is 11.6. The van der Waals surface area contributed by atoms with Gasteiger partial charge in [0.05, 0.1) is 17.2 Å². The maximum Gasteiger partial charge on any atom is 0.253 e. The lowest BCUT2D eigenvalue weighted by Crippen LogP contribution is -2.28. The number of benzene rings is 1. The van der Waals surface area contributed by atoms with Crippen LogP contribution in [0.1, 0.15) is 13.3 Å². The van der Waals surface area contributed by atoms with E-state index >= 15 is 0 Å². The minimum atomic E-state index is -3.39. The zero-order valence-corrected chi connectivity index (χ0v) is 12.4. The molecule has 1 amide bonds. The van der Waals surface area contributed by atoms with Crippen LogP contribution < -0.4 is 5.32 Å². The van der Waals surface area contributed by atoms with Gasteiger partial charge in [0.2, 0.25) is 0 Å². The van der Waals surface area contributed by atoms with Gasteiger partial charge in [0, 0.05) is 6.26 Å². The fourth-order valence-corrected chi connectivity index (χ4v) is 2.38. The number of amides is 1. The number of para-hydroxylation sites is 1. The summed E-state index contributed by atoms with van der Waals surface area (Å²) in [7, 11) is -3.39. The van der Waals surface area contributed by atoms with Gasteiger partial charge in [-0.2, -0.15) is 0 Å². The molecule has 5 nitrogen and oxygen atoms in total. The van der Waals surface area contributed by atoms with Crippen molar-refractivity contribution in [3.05, 3.63) is 36.9 Å². The standard InChI is InChI=1S/C14H19NO4S/c1-4-5-10-19-11(2)14(16)15-12-8-6-7-9-13(12)20(3,17)18/h4,6-9,11H,1,5,10H2,2-3H3,(H,15,16). The molecule has 0 spiro atoms. The highest BCUT2D eigenvalue weighted by molar-refractivity contribution is 7.90. The van der Waals surface area contributed by atoms with E-state index < -0.39 is 15.9 Å². The molecule has 0 saturated carbocycles. The van der Waals surface area contributed by atoms with E-state index in [0.29, 0.717) is 13.0 Å². The van der Waals surface area contributed by atoms with E-state index in [2.05, 4.69) is 11.9 Å². The van der Waals surface area contributed by atoms with Gasteiger partial charge >= 0.3 is 0 Å². The summed E-state index contributed by atoms with van der Waals surface area (Å²) in [6, 6.07) is 6.27. The maximum absolute atomic E-state index is 11.9. The van der Waals surface area contributed by atoms with Gasteiger partial charge in [0.1, 0.15) is 6.10 Å². The maximum atomic E-state index is 11.9. The molecule has 1 N–H and O–H groups in total. The summed E-state index contributed by atoms with van der Waals surface area (Å²) in [4.78, 5) is 12.0. The van der Waals surface area contributed by atoms with E-state index in [1.807, 2.05) is 0 Å². The lowest BCUT2D eigenvalue weighted by atomic mass is 10.3. The highest BCUT2D eigenvalue weighted by Crippen LogP contribution is 2.20. The molecule has 0 saturated heterocycles. The fraction of sp³-hybridized carbons (Fsp3) is 0.357. The van der Waals surface area contributed by atoms with E-state index in [4.69, 9.17) is 4.74 Å². The molecule has 1 aromatic rings.